The van der Waals surface area contributed by atoms with E-state index in [4.69, 9.17) is 9.84 Å². The van der Waals surface area contributed by atoms with Crippen molar-refractivity contribution >= 4 is 5.97 Å². The molecule has 0 spiro atoms. The first-order valence-electron chi connectivity index (χ1n) is 5.14. The fourth-order valence-electron chi connectivity index (χ4n) is 1.54. The predicted molar refractivity (Wildman–Crippen MR) is 58.3 cm³/mol. The van der Waals surface area contributed by atoms with Crippen molar-refractivity contribution < 1.29 is 14.6 Å². The Labute approximate surface area is 89.7 Å². The first-order chi connectivity index (χ1) is 7.19. The number of benzene rings is 1. The molecule has 1 aromatic rings. The Morgan fingerprint density at radius 2 is 2.20 bits per heavy atom. The van der Waals surface area contributed by atoms with Crippen molar-refractivity contribution in [2.24, 2.45) is 0 Å². The lowest BCUT2D eigenvalue weighted by Crippen LogP contribution is -2.10. The molecule has 0 aliphatic heterocycles. The average molecular weight is 208 g/mol. The summed E-state index contributed by atoms with van der Waals surface area (Å²) in [6.07, 6.45) is 0.588. The fraction of sp³-hybridized carbons (Fsp3) is 0.417. The molecule has 0 bridgehead atoms. The molecular formula is C12H16O3. The van der Waals surface area contributed by atoms with Crippen LogP contribution in [0.5, 0.6) is 5.75 Å². The summed E-state index contributed by atoms with van der Waals surface area (Å²) in [5.74, 6) is -0.494. The third-order valence-electron chi connectivity index (χ3n) is 2.28. The summed E-state index contributed by atoms with van der Waals surface area (Å²) in [5, 5.41) is 9.01. The van der Waals surface area contributed by atoms with E-state index in [-0.39, 0.29) is 0 Å². The number of carbonyl (C=O) groups is 1. The first kappa shape index (κ1) is 11.6. The number of carboxylic acid groups (broad SMARTS) is 1. The van der Waals surface area contributed by atoms with E-state index in [9.17, 15) is 4.79 Å². The summed E-state index contributed by atoms with van der Waals surface area (Å²) < 4.78 is 5.33. The monoisotopic (exact) mass is 208 g/mol. The van der Waals surface area contributed by atoms with Gasteiger partial charge in [0.15, 0.2) is 0 Å². The molecule has 0 radical (unpaired) electrons. The van der Waals surface area contributed by atoms with Crippen LogP contribution >= 0.6 is 0 Å². The molecule has 1 unspecified atom stereocenters. The SMILES string of the molecule is CCOc1cccc(C(CC)C(=O)O)c1. The van der Waals surface area contributed by atoms with Crippen LogP contribution in [0.3, 0.4) is 0 Å². The van der Waals surface area contributed by atoms with E-state index in [1.807, 2.05) is 32.0 Å². The Morgan fingerprint density at radius 1 is 1.47 bits per heavy atom. The Bertz CT molecular complexity index is 333. The minimum atomic E-state index is -0.786. The average Bonchev–Trinajstić information content (AvgIpc) is 2.19. The second-order valence-corrected chi connectivity index (χ2v) is 3.30. The highest BCUT2D eigenvalue weighted by Gasteiger charge is 2.17. The van der Waals surface area contributed by atoms with Crippen molar-refractivity contribution in [1.29, 1.82) is 0 Å². The zero-order valence-electron chi connectivity index (χ0n) is 9.06. The van der Waals surface area contributed by atoms with Gasteiger partial charge in [0, 0.05) is 0 Å². The molecule has 0 amide bonds. The van der Waals surface area contributed by atoms with E-state index in [2.05, 4.69) is 0 Å². The number of hydrogen-bond acceptors (Lipinski definition) is 2. The Hall–Kier alpha value is -1.51. The fourth-order valence-corrected chi connectivity index (χ4v) is 1.54. The van der Waals surface area contributed by atoms with E-state index >= 15 is 0 Å². The Kier molecular flexibility index (Phi) is 4.16. The molecule has 15 heavy (non-hydrogen) atoms. The van der Waals surface area contributed by atoms with Gasteiger partial charge in [0.25, 0.3) is 0 Å². The third-order valence-corrected chi connectivity index (χ3v) is 2.28. The standard InChI is InChI=1S/C12H16O3/c1-3-11(12(13)14)9-6-5-7-10(8-9)15-4-2/h5-8,11H,3-4H2,1-2H3,(H,13,14). The largest absolute Gasteiger partial charge is 0.494 e. The van der Waals surface area contributed by atoms with Crippen LogP contribution in [-0.4, -0.2) is 17.7 Å². The van der Waals surface area contributed by atoms with Gasteiger partial charge in [0.1, 0.15) is 5.75 Å². The predicted octanol–water partition coefficient (Wildman–Crippen LogP) is 2.66. The molecule has 1 aromatic carbocycles. The van der Waals surface area contributed by atoms with Gasteiger partial charge in [0.05, 0.1) is 12.5 Å². The molecule has 1 rings (SSSR count). The van der Waals surface area contributed by atoms with Gasteiger partial charge < -0.3 is 9.84 Å². The van der Waals surface area contributed by atoms with Gasteiger partial charge in [-0.1, -0.05) is 19.1 Å². The molecule has 0 aliphatic rings. The van der Waals surface area contributed by atoms with E-state index in [0.29, 0.717) is 13.0 Å². The van der Waals surface area contributed by atoms with E-state index < -0.39 is 11.9 Å². The highest BCUT2D eigenvalue weighted by molar-refractivity contribution is 5.76. The van der Waals surface area contributed by atoms with Crippen molar-refractivity contribution in [1.82, 2.24) is 0 Å². The zero-order valence-corrected chi connectivity index (χ0v) is 9.06. The van der Waals surface area contributed by atoms with E-state index in [0.717, 1.165) is 11.3 Å². The summed E-state index contributed by atoms with van der Waals surface area (Å²) in [7, 11) is 0. The van der Waals surface area contributed by atoms with Crippen LogP contribution in [0.1, 0.15) is 31.7 Å². The lowest BCUT2D eigenvalue weighted by molar-refractivity contribution is -0.138. The summed E-state index contributed by atoms with van der Waals surface area (Å²) in [6.45, 7) is 4.36. The quantitative estimate of drug-likeness (QED) is 0.809. The van der Waals surface area contributed by atoms with Crippen LogP contribution < -0.4 is 4.74 Å². The van der Waals surface area contributed by atoms with Crippen molar-refractivity contribution in [2.75, 3.05) is 6.61 Å². The molecule has 1 atom stereocenters. The summed E-state index contributed by atoms with van der Waals surface area (Å²) in [4.78, 5) is 11.0. The summed E-state index contributed by atoms with van der Waals surface area (Å²) in [5.41, 5.74) is 0.802. The number of aliphatic carboxylic acids is 1. The molecule has 0 saturated heterocycles. The molecule has 0 fully saturated rings. The van der Waals surface area contributed by atoms with Crippen LogP contribution in [0.25, 0.3) is 0 Å². The molecule has 82 valence electrons. The van der Waals surface area contributed by atoms with Gasteiger partial charge in [-0.2, -0.15) is 0 Å². The van der Waals surface area contributed by atoms with Crippen molar-refractivity contribution in [3.8, 4) is 5.75 Å². The number of hydrogen-bond donors (Lipinski definition) is 1. The highest BCUT2D eigenvalue weighted by atomic mass is 16.5. The maximum atomic E-state index is 11.0. The zero-order chi connectivity index (χ0) is 11.3. The van der Waals surface area contributed by atoms with Gasteiger partial charge in [0.2, 0.25) is 0 Å². The molecule has 3 heteroatoms. The third kappa shape index (κ3) is 2.98. The molecule has 0 aromatic heterocycles. The molecule has 0 saturated carbocycles. The van der Waals surface area contributed by atoms with Gasteiger partial charge in [-0.3, -0.25) is 4.79 Å². The number of rotatable bonds is 5. The van der Waals surface area contributed by atoms with Crippen LogP contribution in [0.4, 0.5) is 0 Å². The molecule has 3 nitrogen and oxygen atoms in total. The van der Waals surface area contributed by atoms with Crippen LogP contribution in [0.15, 0.2) is 24.3 Å². The molecule has 0 heterocycles. The van der Waals surface area contributed by atoms with Gasteiger partial charge in [-0.05, 0) is 31.0 Å². The van der Waals surface area contributed by atoms with Crippen LogP contribution in [-0.2, 0) is 4.79 Å². The van der Waals surface area contributed by atoms with Crippen molar-refractivity contribution in [2.45, 2.75) is 26.2 Å². The maximum absolute atomic E-state index is 11.0. The normalized spacial score (nSPS) is 12.1. The van der Waals surface area contributed by atoms with E-state index in [1.54, 1.807) is 6.07 Å². The van der Waals surface area contributed by atoms with Crippen LogP contribution in [0.2, 0.25) is 0 Å². The number of carboxylic acids is 1. The molecule has 0 aliphatic carbocycles. The second kappa shape index (κ2) is 5.39. The van der Waals surface area contributed by atoms with Gasteiger partial charge in [-0.15, -0.1) is 0 Å². The lowest BCUT2D eigenvalue weighted by Gasteiger charge is -2.11. The van der Waals surface area contributed by atoms with Crippen molar-refractivity contribution in [3.05, 3.63) is 29.8 Å². The van der Waals surface area contributed by atoms with Gasteiger partial charge >= 0.3 is 5.97 Å². The van der Waals surface area contributed by atoms with Crippen LogP contribution in [0, 0.1) is 0 Å². The summed E-state index contributed by atoms with van der Waals surface area (Å²) in [6, 6.07) is 7.28. The molecule has 1 N–H and O–H groups in total. The first-order valence-corrected chi connectivity index (χ1v) is 5.14. The Morgan fingerprint density at radius 3 is 2.73 bits per heavy atom. The smallest absolute Gasteiger partial charge is 0.310 e. The summed E-state index contributed by atoms with van der Waals surface area (Å²) >= 11 is 0. The van der Waals surface area contributed by atoms with Gasteiger partial charge in [-0.25, -0.2) is 0 Å². The minimum Gasteiger partial charge on any atom is -0.494 e. The minimum absolute atomic E-state index is 0.439. The van der Waals surface area contributed by atoms with E-state index in [1.165, 1.54) is 0 Å². The maximum Gasteiger partial charge on any atom is 0.310 e. The second-order valence-electron chi connectivity index (χ2n) is 3.30. The lowest BCUT2D eigenvalue weighted by atomic mass is 9.97. The van der Waals surface area contributed by atoms with Crippen molar-refractivity contribution in [3.63, 3.8) is 0 Å². The Balaban J connectivity index is 2.92. The highest BCUT2D eigenvalue weighted by Crippen LogP contribution is 2.23. The number of ether oxygens (including phenoxy) is 1. The topological polar surface area (TPSA) is 46.5 Å². The molecular weight excluding hydrogens is 192 g/mol.